The highest BCUT2D eigenvalue weighted by molar-refractivity contribution is 7.91. The van der Waals surface area contributed by atoms with Crippen LogP contribution in [0.2, 0.25) is 0 Å². The predicted octanol–water partition coefficient (Wildman–Crippen LogP) is 0.810. The fraction of sp³-hybridized carbons (Fsp3) is 0.200. The zero-order valence-corrected chi connectivity index (χ0v) is 8.84. The second kappa shape index (κ2) is 3.03. The summed E-state index contributed by atoms with van der Waals surface area (Å²) in [6, 6.07) is 0.801. The first kappa shape index (κ1) is 10.6. The smallest absolute Gasteiger partial charge is 0.224 e. The molecule has 0 saturated heterocycles. The van der Waals surface area contributed by atoms with Crippen molar-refractivity contribution in [1.82, 2.24) is 0 Å². The van der Waals surface area contributed by atoms with Crippen LogP contribution in [0, 0.1) is 0 Å². The maximum absolute atomic E-state index is 12.3. The van der Waals surface area contributed by atoms with Crippen molar-refractivity contribution in [2.24, 2.45) is 0 Å². The normalized spacial score (nSPS) is 13.1. The van der Waals surface area contributed by atoms with Crippen LogP contribution in [0.3, 0.4) is 0 Å². The van der Waals surface area contributed by atoms with E-state index in [4.69, 9.17) is 0 Å². The summed E-state index contributed by atoms with van der Waals surface area (Å²) in [6.07, 6.45) is 0.920. The SMILES string of the molecule is CS(=O)(=O)c1csc(S(=O)(=O)F)c1. The Balaban J connectivity index is 3.32. The van der Waals surface area contributed by atoms with Crippen LogP contribution in [-0.4, -0.2) is 23.1 Å². The van der Waals surface area contributed by atoms with E-state index >= 15 is 0 Å². The summed E-state index contributed by atoms with van der Waals surface area (Å²) in [6.45, 7) is 0. The fourth-order valence-corrected chi connectivity index (χ4v) is 3.31. The number of rotatable bonds is 2. The summed E-state index contributed by atoms with van der Waals surface area (Å²) in [5.74, 6) is 0. The lowest BCUT2D eigenvalue weighted by atomic mass is 10.7. The average molecular weight is 244 g/mol. The molecule has 1 aromatic rings. The molecule has 0 unspecified atom stereocenters. The highest BCUT2D eigenvalue weighted by Gasteiger charge is 2.18. The Morgan fingerprint density at radius 3 is 2.08 bits per heavy atom. The molecule has 1 aromatic heterocycles. The van der Waals surface area contributed by atoms with Gasteiger partial charge in [-0.3, -0.25) is 0 Å². The number of sulfone groups is 1. The van der Waals surface area contributed by atoms with E-state index in [9.17, 15) is 20.7 Å². The standard InChI is InChI=1S/C5H5FO4S3/c1-12(7,8)4-2-5(11-3-4)13(6,9)10/h2-3H,1H3. The minimum absolute atomic E-state index is 0.186. The van der Waals surface area contributed by atoms with Gasteiger partial charge < -0.3 is 0 Å². The summed E-state index contributed by atoms with van der Waals surface area (Å²) in [7, 11) is -8.25. The first-order chi connectivity index (χ1) is 5.71. The third-order valence-electron chi connectivity index (χ3n) is 1.22. The molecule has 0 N–H and O–H groups in total. The van der Waals surface area contributed by atoms with Gasteiger partial charge in [0.25, 0.3) is 0 Å². The third-order valence-corrected chi connectivity index (χ3v) is 4.67. The van der Waals surface area contributed by atoms with Crippen LogP contribution in [0.4, 0.5) is 3.89 Å². The molecule has 0 aliphatic rings. The van der Waals surface area contributed by atoms with Crippen molar-refractivity contribution in [3.8, 4) is 0 Å². The van der Waals surface area contributed by atoms with Crippen molar-refractivity contribution >= 4 is 31.4 Å². The topological polar surface area (TPSA) is 68.3 Å². The molecule has 0 radical (unpaired) electrons. The molecule has 8 heteroatoms. The molecule has 74 valence electrons. The minimum Gasteiger partial charge on any atom is -0.224 e. The summed E-state index contributed by atoms with van der Waals surface area (Å²) in [5.41, 5.74) is 0. The molecular weight excluding hydrogens is 239 g/mol. The maximum atomic E-state index is 12.3. The first-order valence-corrected chi connectivity index (χ1v) is 7.10. The van der Waals surface area contributed by atoms with E-state index < -0.39 is 24.3 Å². The molecule has 0 bridgehead atoms. The first-order valence-electron chi connectivity index (χ1n) is 2.94. The van der Waals surface area contributed by atoms with Crippen molar-refractivity contribution in [3.63, 3.8) is 0 Å². The molecule has 1 rings (SSSR count). The molecular formula is C5H5FO4S3. The molecule has 0 aromatic carbocycles. The monoisotopic (exact) mass is 244 g/mol. The van der Waals surface area contributed by atoms with Gasteiger partial charge in [0.1, 0.15) is 0 Å². The van der Waals surface area contributed by atoms with Gasteiger partial charge >= 0.3 is 10.2 Å². The number of hydrogen-bond acceptors (Lipinski definition) is 5. The van der Waals surface area contributed by atoms with Gasteiger partial charge in [0.05, 0.1) is 4.90 Å². The highest BCUT2D eigenvalue weighted by Crippen LogP contribution is 2.24. The summed E-state index contributed by atoms with van der Waals surface area (Å²) in [4.78, 5) is -0.186. The Hall–Kier alpha value is -0.470. The molecule has 0 fully saturated rings. The average Bonchev–Trinajstić information content (AvgIpc) is 2.28. The van der Waals surface area contributed by atoms with Gasteiger partial charge in [-0.05, 0) is 6.07 Å². The van der Waals surface area contributed by atoms with E-state index in [1.165, 1.54) is 0 Å². The lowest BCUT2D eigenvalue weighted by molar-refractivity contribution is 0.554. The summed E-state index contributed by atoms with van der Waals surface area (Å²) >= 11 is 0.541. The fourth-order valence-electron chi connectivity index (χ4n) is 0.623. The number of hydrogen-bond donors (Lipinski definition) is 0. The summed E-state index contributed by atoms with van der Waals surface area (Å²) in [5, 5.41) is 1.09. The zero-order chi connectivity index (χ0) is 10.3. The third kappa shape index (κ3) is 2.48. The van der Waals surface area contributed by atoms with Crippen LogP contribution in [0.15, 0.2) is 20.6 Å². The zero-order valence-electron chi connectivity index (χ0n) is 6.39. The van der Waals surface area contributed by atoms with Crippen LogP contribution >= 0.6 is 11.3 Å². The van der Waals surface area contributed by atoms with Crippen LogP contribution in [0.1, 0.15) is 0 Å². The Morgan fingerprint density at radius 1 is 1.31 bits per heavy atom. The largest absolute Gasteiger partial charge is 0.341 e. The van der Waals surface area contributed by atoms with Crippen molar-refractivity contribution in [3.05, 3.63) is 11.4 Å². The molecule has 0 saturated carbocycles. The Labute approximate surface area is 79.1 Å². The van der Waals surface area contributed by atoms with Gasteiger partial charge in [-0.1, -0.05) is 3.89 Å². The Morgan fingerprint density at radius 2 is 1.85 bits per heavy atom. The van der Waals surface area contributed by atoms with Crippen LogP contribution in [0.25, 0.3) is 0 Å². The van der Waals surface area contributed by atoms with Crippen molar-refractivity contribution in [1.29, 1.82) is 0 Å². The highest BCUT2D eigenvalue weighted by atomic mass is 32.3. The summed E-state index contributed by atoms with van der Waals surface area (Å²) < 4.78 is 54.1. The molecule has 0 atom stereocenters. The molecule has 13 heavy (non-hydrogen) atoms. The number of thiophene rings is 1. The molecule has 0 spiro atoms. The van der Waals surface area contributed by atoms with E-state index in [0.29, 0.717) is 11.3 Å². The molecule has 0 aliphatic heterocycles. The van der Waals surface area contributed by atoms with Gasteiger partial charge in [-0.2, -0.15) is 8.42 Å². The molecule has 0 aliphatic carbocycles. The minimum atomic E-state index is -4.79. The van der Waals surface area contributed by atoms with Gasteiger partial charge in [0.15, 0.2) is 14.0 Å². The van der Waals surface area contributed by atoms with Gasteiger partial charge in [-0.15, -0.1) is 11.3 Å². The van der Waals surface area contributed by atoms with E-state index in [2.05, 4.69) is 0 Å². The van der Waals surface area contributed by atoms with Crippen LogP contribution in [-0.2, 0) is 20.1 Å². The number of halogens is 1. The van der Waals surface area contributed by atoms with Crippen LogP contribution < -0.4 is 0 Å². The van der Waals surface area contributed by atoms with Gasteiger partial charge in [0.2, 0.25) is 0 Å². The van der Waals surface area contributed by atoms with Gasteiger partial charge in [0, 0.05) is 11.6 Å². The van der Waals surface area contributed by atoms with Crippen LogP contribution in [0.5, 0.6) is 0 Å². The van der Waals surface area contributed by atoms with E-state index in [1.807, 2.05) is 0 Å². The molecule has 4 nitrogen and oxygen atoms in total. The van der Waals surface area contributed by atoms with Gasteiger partial charge in [-0.25, -0.2) is 8.42 Å². The van der Waals surface area contributed by atoms with E-state index in [0.717, 1.165) is 17.7 Å². The maximum Gasteiger partial charge on any atom is 0.341 e. The lowest BCUT2D eigenvalue weighted by Gasteiger charge is -1.88. The predicted molar refractivity (Wildman–Crippen MR) is 45.7 cm³/mol. The second-order valence-corrected chi connectivity index (χ2v) is 6.81. The lowest BCUT2D eigenvalue weighted by Crippen LogP contribution is -1.94. The van der Waals surface area contributed by atoms with Crippen molar-refractivity contribution in [2.75, 3.05) is 6.26 Å². The molecule has 0 amide bonds. The van der Waals surface area contributed by atoms with Crippen molar-refractivity contribution < 1.29 is 20.7 Å². The van der Waals surface area contributed by atoms with E-state index in [-0.39, 0.29) is 4.90 Å². The second-order valence-electron chi connectivity index (χ2n) is 2.31. The van der Waals surface area contributed by atoms with E-state index in [1.54, 1.807) is 0 Å². The Kier molecular flexibility index (Phi) is 2.48. The Bertz CT molecular complexity index is 463. The molecule has 1 heterocycles. The van der Waals surface area contributed by atoms with Crippen molar-refractivity contribution in [2.45, 2.75) is 9.10 Å². The quantitative estimate of drug-likeness (QED) is 0.722.